The maximum atomic E-state index is 12.0. The fourth-order valence-electron chi connectivity index (χ4n) is 2.87. The summed E-state index contributed by atoms with van der Waals surface area (Å²) in [6.07, 6.45) is 1.71. The number of benzene rings is 1. The molecule has 0 atom stereocenters. The van der Waals surface area contributed by atoms with Crippen LogP contribution in [0.4, 0.5) is 5.13 Å². The fraction of sp³-hybridized carbons (Fsp3) is 0.375. The summed E-state index contributed by atoms with van der Waals surface area (Å²) in [7, 11) is 0. The van der Waals surface area contributed by atoms with Crippen molar-refractivity contribution in [3.63, 3.8) is 0 Å². The van der Waals surface area contributed by atoms with Crippen LogP contribution in [0.25, 0.3) is 0 Å². The first-order chi connectivity index (χ1) is 10.8. The summed E-state index contributed by atoms with van der Waals surface area (Å²) in [4.78, 5) is 19.0. The monoisotopic (exact) mass is 318 g/mol. The highest BCUT2D eigenvalue weighted by atomic mass is 32.1. The van der Waals surface area contributed by atoms with Gasteiger partial charge in [0.05, 0.1) is 0 Å². The minimum atomic E-state index is 0.0662. The summed E-state index contributed by atoms with van der Waals surface area (Å²) in [6.45, 7) is 5.96. The molecule has 1 aromatic heterocycles. The summed E-state index contributed by atoms with van der Waals surface area (Å²) in [5.41, 5.74) is 1.39. The van der Waals surface area contributed by atoms with Gasteiger partial charge in [-0.2, -0.15) is 0 Å². The van der Waals surface area contributed by atoms with Crippen LogP contribution < -0.4 is 15.1 Å². The van der Waals surface area contributed by atoms with E-state index in [1.54, 1.807) is 11.1 Å². The van der Waals surface area contributed by atoms with Gasteiger partial charge in [0.1, 0.15) is 32.7 Å². The van der Waals surface area contributed by atoms with Crippen molar-refractivity contribution in [2.75, 3.05) is 38.0 Å². The number of hydrogen-bond donors (Lipinski definition) is 3. The number of aromatic nitrogens is 1. The van der Waals surface area contributed by atoms with Gasteiger partial charge in [-0.05, 0) is 0 Å². The van der Waals surface area contributed by atoms with E-state index >= 15 is 0 Å². The molecule has 5 nitrogen and oxygen atoms in total. The normalized spacial score (nSPS) is 21.5. The third-order valence-corrected chi connectivity index (χ3v) is 4.74. The predicted octanol–water partition coefficient (Wildman–Crippen LogP) is -0.935. The molecule has 0 saturated carbocycles. The Morgan fingerprint density at radius 3 is 2.55 bits per heavy atom. The van der Waals surface area contributed by atoms with Gasteiger partial charge in [0, 0.05) is 17.1 Å². The first-order valence-corrected chi connectivity index (χ1v) is 8.58. The van der Waals surface area contributed by atoms with Crippen molar-refractivity contribution in [3.8, 4) is 0 Å². The summed E-state index contributed by atoms with van der Waals surface area (Å²) in [6, 6.07) is 10.6. The van der Waals surface area contributed by atoms with Gasteiger partial charge in [-0.15, -0.1) is 11.3 Å². The second-order valence-electron chi connectivity index (χ2n) is 5.72. The maximum Gasteiger partial charge on any atom is 0.281 e. The molecule has 0 radical (unpaired) electrons. The van der Waals surface area contributed by atoms with Gasteiger partial charge in [-0.1, -0.05) is 30.3 Å². The zero-order valence-corrected chi connectivity index (χ0v) is 13.4. The third kappa shape index (κ3) is 4.37. The molecule has 1 aliphatic heterocycles. The Morgan fingerprint density at radius 2 is 1.86 bits per heavy atom. The molecule has 1 saturated heterocycles. The molecule has 6 heteroatoms. The van der Waals surface area contributed by atoms with Crippen LogP contribution in [0, 0.1) is 0 Å². The summed E-state index contributed by atoms with van der Waals surface area (Å²) in [5, 5.41) is 5.42. The van der Waals surface area contributed by atoms with Crippen LogP contribution in [-0.2, 0) is 11.3 Å². The van der Waals surface area contributed by atoms with Crippen LogP contribution in [0.5, 0.6) is 0 Å². The van der Waals surface area contributed by atoms with E-state index in [9.17, 15) is 4.79 Å². The average Bonchev–Trinajstić information content (AvgIpc) is 3.03. The highest BCUT2D eigenvalue weighted by Crippen LogP contribution is 2.09. The van der Waals surface area contributed by atoms with E-state index in [1.165, 1.54) is 21.8 Å². The van der Waals surface area contributed by atoms with E-state index in [0.717, 1.165) is 32.7 Å². The average molecular weight is 318 g/mol. The molecule has 1 aromatic carbocycles. The Balaban J connectivity index is 1.41. The molecule has 22 heavy (non-hydrogen) atoms. The Kier molecular flexibility index (Phi) is 5.15. The summed E-state index contributed by atoms with van der Waals surface area (Å²) in [5.74, 6) is 0.0662. The van der Waals surface area contributed by atoms with E-state index < -0.39 is 0 Å². The number of nitrogens with zero attached hydrogens (tertiary/aromatic N) is 1. The van der Waals surface area contributed by atoms with Gasteiger partial charge >= 0.3 is 0 Å². The number of quaternary nitrogens is 2. The van der Waals surface area contributed by atoms with Crippen LogP contribution in [0.1, 0.15) is 5.56 Å². The van der Waals surface area contributed by atoms with Crippen LogP contribution >= 0.6 is 11.3 Å². The van der Waals surface area contributed by atoms with Crippen LogP contribution in [0.15, 0.2) is 41.9 Å². The van der Waals surface area contributed by atoms with Gasteiger partial charge < -0.3 is 9.80 Å². The smallest absolute Gasteiger partial charge is 0.281 e. The SMILES string of the molecule is O=C(C[NH+]1CC[NH+](Cc2ccccc2)CC1)Nc1nccs1. The van der Waals surface area contributed by atoms with Gasteiger partial charge in [-0.3, -0.25) is 10.1 Å². The van der Waals surface area contributed by atoms with Crippen molar-refractivity contribution < 1.29 is 14.6 Å². The predicted molar refractivity (Wildman–Crippen MR) is 87.2 cm³/mol. The van der Waals surface area contributed by atoms with Gasteiger partial charge in [0.25, 0.3) is 5.91 Å². The van der Waals surface area contributed by atoms with Crippen molar-refractivity contribution in [1.82, 2.24) is 4.98 Å². The van der Waals surface area contributed by atoms with E-state index in [2.05, 4.69) is 40.6 Å². The van der Waals surface area contributed by atoms with Crippen LogP contribution in [0.3, 0.4) is 0 Å². The molecule has 0 spiro atoms. The minimum absolute atomic E-state index is 0.0662. The number of carbonyl (C=O) groups is 1. The number of thiazole rings is 1. The molecule has 1 fully saturated rings. The van der Waals surface area contributed by atoms with Crippen molar-refractivity contribution in [1.29, 1.82) is 0 Å². The molecular weight excluding hydrogens is 296 g/mol. The van der Waals surface area contributed by atoms with Crippen molar-refractivity contribution >= 4 is 22.4 Å². The molecule has 1 amide bonds. The number of piperazine rings is 1. The number of nitrogens with one attached hydrogen (secondary N) is 3. The largest absolute Gasteiger partial charge is 0.322 e. The fourth-order valence-corrected chi connectivity index (χ4v) is 3.42. The van der Waals surface area contributed by atoms with E-state index in [1.807, 2.05) is 5.38 Å². The quantitative estimate of drug-likeness (QED) is 0.667. The zero-order chi connectivity index (χ0) is 15.2. The summed E-state index contributed by atoms with van der Waals surface area (Å²) >= 11 is 1.46. The highest BCUT2D eigenvalue weighted by Gasteiger charge is 2.24. The number of hydrogen-bond acceptors (Lipinski definition) is 3. The Hall–Kier alpha value is -1.76. The molecular formula is C16H22N4OS+2. The number of amides is 1. The van der Waals surface area contributed by atoms with Gasteiger partial charge in [0.15, 0.2) is 11.7 Å². The Labute approximate surface area is 134 Å². The van der Waals surface area contributed by atoms with Crippen molar-refractivity contribution in [3.05, 3.63) is 47.5 Å². The first-order valence-electron chi connectivity index (χ1n) is 7.70. The van der Waals surface area contributed by atoms with E-state index in [4.69, 9.17) is 0 Å². The molecule has 1 aliphatic rings. The lowest BCUT2D eigenvalue weighted by Crippen LogP contribution is -3.28. The molecule has 2 heterocycles. The number of anilines is 1. The van der Waals surface area contributed by atoms with Crippen LogP contribution in [-0.4, -0.2) is 43.6 Å². The molecule has 3 rings (SSSR count). The summed E-state index contributed by atoms with van der Waals surface area (Å²) < 4.78 is 0. The van der Waals surface area contributed by atoms with Gasteiger partial charge in [-0.25, -0.2) is 4.98 Å². The van der Waals surface area contributed by atoms with Crippen molar-refractivity contribution in [2.24, 2.45) is 0 Å². The second kappa shape index (κ2) is 7.49. The van der Waals surface area contributed by atoms with Crippen LogP contribution in [0.2, 0.25) is 0 Å². The topological polar surface area (TPSA) is 50.9 Å². The molecule has 0 aliphatic carbocycles. The second-order valence-corrected chi connectivity index (χ2v) is 6.62. The van der Waals surface area contributed by atoms with E-state index in [0.29, 0.717) is 11.7 Å². The standard InChI is InChI=1S/C16H20N4OS/c21-15(18-16-17-6-11-22-16)13-20-9-7-19(8-10-20)12-14-4-2-1-3-5-14/h1-6,11H,7-10,12-13H2,(H,17,18,21)/p+2. The molecule has 3 N–H and O–H groups in total. The first kappa shape index (κ1) is 15.1. The number of carbonyl (C=O) groups excluding carboxylic acids is 1. The lowest BCUT2D eigenvalue weighted by atomic mass is 10.2. The van der Waals surface area contributed by atoms with Crippen molar-refractivity contribution in [2.45, 2.75) is 6.54 Å². The molecule has 2 aromatic rings. The maximum absolute atomic E-state index is 12.0. The molecule has 116 valence electrons. The third-order valence-electron chi connectivity index (χ3n) is 4.05. The zero-order valence-electron chi connectivity index (χ0n) is 12.5. The Bertz CT molecular complexity index is 579. The molecule has 0 bridgehead atoms. The molecule has 0 unspecified atom stereocenters. The number of rotatable bonds is 5. The minimum Gasteiger partial charge on any atom is -0.322 e. The van der Waals surface area contributed by atoms with E-state index in [-0.39, 0.29) is 5.91 Å². The highest BCUT2D eigenvalue weighted by molar-refractivity contribution is 7.13. The lowest BCUT2D eigenvalue weighted by molar-refractivity contribution is -1.02. The Morgan fingerprint density at radius 1 is 1.14 bits per heavy atom. The van der Waals surface area contributed by atoms with Gasteiger partial charge in [0.2, 0.25) is 0 Å². The lowest BCUT2D eigenvalue weighted by Gasteiger charge is -2.29.